The second-order valence-electron chi connectivity index (χ2n) is 6.82. The van der Waals surface area contributed by atoms with E-state index in [0.717, 1.165) is 19.4 Å². The van der Waals surface area contributed by atoms with Crippen molar-refractivity contribution >= 4 is 6.03 Å². The maximum Gasteiger partial charge on any atom is 0.317 e. The predicted molar refractivity (Wildman–Crippen MR) is 80.0 cm³/mol. The number of nitrogens with zero attached hydrogens (tertiary/aromatic N) is 1. The first-order chi connectivity index (χ1) is 10.2. The Morgan fingerprint density at radius 1 is 1.38 bits per heavy atom. The van der Waals surface area contributed by atoms with Crippen LogP contribution in [0.5, 0.6) is 0 Å². The van der Waals surface area contributed by atoms with Gasteiger partial charge in [-0.3, -0.25) is 0 Å². The molecule has 3 atom stereocenters. The lowest BCUT2D eigenvalue weighted by atomic mass is 9.54. The molecule has 120 valence electrons. The van der Waals surface area contributed by atoms with Crippen LogP contribution >= 0.6 is 0 Å². The first kappa shape index (κ1) is 15.1. The van der Waals surface area contributed by atoms with Gasteiger partial charge in [0.1, 0.15) is 0 Å². The fraction of sp³-hybridized carbons (Fsp3) is 0.938. The fourth-order valence-electron chi connectivity index (χ4n) is 4.83. The highest BCUT2D eigenvalue weighted by atomic mass is 16.5. The van der Waals surface area contributed by atoms with Crippen LogP contribution in [-0.2, 0) is 4.74 Å². The zero-order valence-corrected chi connectivity index (χ0v) is 13.0. The van der Waals surface area contributed by atoms with Crippen LogP contribution in [-0.4, -0.2) is 54.5 Å². The SMILES string of the molecule is CCCN(CCO)C(=O)NC1C2CCOC2C12CCCC2. The van der Waals surface area contributed by atoms with E-state index in [1.54, 1.807) is 4.90 Å². The molecule has 1 spiro atoms. The van der Waals surface area contributed by atoms with Gasteiger partial charge in [0.05, 0.1) is 12.7 Å². The predicted octanol–water partition coefficient (Wildman–Crippen LogP) is 1.75. The molecule has 0 aromatic rings. The van der Waals surface area contributed by atoms with Crippen molar-refractivity contribution in [3.8, 4) is 0 Å². The zero-order valence-electron chi connectivity index (χ0n) is 13.0. The molecular formula is C16H28N2O3. The first-order valence-electron chi connectivity index (χ1n) is 8.51. The molecule has 0 radical (unpaired) electrons. The maximum absolute atomic E-state index is 12.5. The third-order valence-corrected chi connectivity index (χ3v) is 5.72. The molecule has 3 unspecified atom stereocenters. The van der Waals surface area contributed by atoms with Gasteiger partial charge in [0.15, 0.2) is 0 Å². The first-order valence-corrected chi connectivity index (χ1v) is 8.51. The Labute approximate surface area is 127 Å². The third kappa shape index (κ3) is 2.44. The molecule has 3 fully saturated rings. The van der Waals surface area contributed by atoms with Gasteiger partial charge < -0.3 is 20.1 Å². The monoisotopic (exact) mass is 296 g/mol. The van der Waals surface area contributed by atoms with Gasteiger partial charge >= 0.3 is 6.03 Å². The molecule has 5 nitrogen and oxygen atoms in total. The van der Waals surface area contributed by atoms with Crippen molar-refractivity contribution in [1.82, 2.24) is 10.2 Å². The Balaban J connectivity index is 1.66. The van der Waals surface area contributed by atoms with Gasteiger partial charge in [0.25, 0.3) is 0 Å². The van der Waals surface area contributed by atoms with E-state index < -0.39 is 0 Å². The number of aliphatic hydroxyl groups is 1. The summed E-state index contributed by atoms with van der Waals surface area (Å²) >= 11 is 0. The Kier molecular flexibility index (Phi) is 4.41. The van der Waals surface area contributed by atoms with Gasteiger partial charge in [-0.1, -0.05) is 19.8 Å². The van der Waals surface area contributed by atoms with Gasteiger partial charge in [-0.05, 0) is 25.7 Å². The third-order valence-electron chi connectivity index (χ3n) is 5.72. The molecule has 0 aromatic carbocycles. The molecule has 21 heavy (non-hydrogen) atoms. The second kappa shape index (κ2) is 6.13. The average molecular weight is 296 g/mol. The van der Waals surface area contributed by atoms with Crippen LogP contribution in [0.4, 0.5) is 4.79 Å². The summed E-state index contributed by atoms with van der Waals surface area (Å²) in [5.41, 5.74) is 0.202. The maximum atomic E-state index is 12.5. The number of rotatable bonds is 5. The van der Waals surface area contributed by atoms with E-state index in [9.17, 15) is 4.79 Å². The lowest BCUT2D eigenvalue weighted by Gasteiger charge is -2.57. The largest absolute Gasteiger partial charge is 0.395 e. The quantitative estimate of drug-likeness (QED) is 0.812. The van der Waals surface area contributed by atoms with Gasteiger partial charge in [0, 0.05) is 37.1 Å². The minimum absolute atomic E-state index is 0.00692. The topological polar surface area (TPSA) is 61.8 Å². The number of hydrogen-bond donors (Lipinski definition) is 2. The Morgan fingerprint density at radius 3 is 2.81 bits per heavy atom. The lowest BCUT2D eigenvalue weighted by molar-refractivity contribution is -0.127. The number of amides is 2. The van der Waals surface area contributed by atoms with E-state index in [0.29, 0.717) is 25.1 Å². The number of ether oxygens (including phenoxy) is 1. The number of fused-ring (bicyclic) bond motifs is 2. The summed E-state index contributed by atoms with van der Waals surface area (Å²) in [6.45, 7) is 4.05. The van der Waals surface area contributed by atoms with Gasteiger partial charge in [-0.15, -0.1) is 0 Å². The Hall–Kier alpha value is -0.810. The summed E-state index contributed by atoms with van der Waals surface area (Å²) in [5, 5.41) is 12.4. The Bertz CT molecular complexity index is 376. The minimum atomic E-state index is -0.00692. The normalized spacial score (nSPS) is 32.8. The van der Waals surface area contributed by atoms with Crippen LogP contribution in [0.2, 0.25) is 0 Å². The molecule has 2 N–H and O–H groups in total. The van der Waals surface area contributed by atoms with Gasteiger partial charge in [-0.25, -0.2) is 4.79 Å². The molecule has 0 bridgehead atoms. The minimum Gasteiger partial charge on any atom is -0.395 e. The Morgan fingerprint density at radius 2 is 2.14 bits per heavy atom. The van der Waals surface area contributed by atoms with Crippen molar-refractivity contribution in [2.45, 2.75) is 57.6 Å². The highest BCUT2D eigenvalue weighted by molar-refractivity contribution is 5.75. The van der Waals surface area contributed by atoms with Gasteiger partial charge in [0.2, 0.25) is 0 Å². The van der Waals surface area contributed by atoms with E-state index in [4.69, 9.17) is 9.84 Å². The number of carbonyl (C=O) groups excluding carboxylic acids is 1. The summed E-state index contributed by atoms with van der Waals surface area (Å²) in [4.78, 5) is 14.3. The van der Waals surface area contributed by atoms with Gasteiger partial charge in [-0.2, -0.15) is 0 Å². The van der Waals surface area contributed by atoms with E-state index in [1.165, 1.54) is 25.7 Å². The highest BCUT2D eigenvalue weighted by Gasteiger charge is 2.65. The molecule has 1 heterocycles. The summed E-state index contributed by atoms with van der Waals surface area (Å²) in [6, 6.07) is 0.269. The lowest BCUT2D eigenvalue weighted by Crippen LogP contribution is -2.69. The smallest absolute Gasteiger partial charge is 0.317 e. The molecule has 1 aliphatic heterocycles. The van der Waals surface area contributed by atoms with Crippen molar-refractivity contribution in [3.63, 3.8) is 0 Å². The average Bonchev–Trinajstić information content (AvgIpc) is 3.12. The van der Waals surface area contributed by atoms with E-state index in [-0.39, 0.29) is 24.1 Å². The molecule has 3 aliphatic rings. The van der Waals surface area contributed by atoms with E-state index in [2.05, 4.69) is 12.2 Å². The fourth-order valence-corrected chi connectivity index (χ4v) is 4.83. The van der Waals surface area contributed by atoms with Crippen LogP contribution in [0.1, 0.15) is 45.4 Å². The number of urea groups is 1. The van der Waals surface area contributed by atoms with Crippen LogP contribution in [0.3, 0.4) is 0 Å². The standard InChI is InChI=1S/C16H28N2O3/c1-2-8-18(9-10-19)15(20)17-13-12-5-11-21-14(12)16(13)6-3-4-7-16/h12-14,19H,2-11H2,1H3,(H,17,20). The summed E-state index contributed by atoms with van der Waals surface area (Å²) in [7, 11) is 0. The number of aliphatic hydroxyl groups excluding tert-OH is 1. The van der Waals surface area contributed by atoms with E-state index in [1.807, 2.05) is 0 Å². The van der Waals surface area contributed by atoms with Crippen molar-refractivity contribution in [2.24, 2.45) is 11.3 Å². The molecule has 2 aliphatic carbocycles. The summed E-state index contributed by atoms with van der Waals surface area (Å²) in [5.74, 6) is 0.504. The molecule has 2 amide bonds. The van der Waals surface area contributed by atoms with Crippen LogP contribution in [0.25, 0.3) is 0 Å². The summed E-state index contributed by atoms with van der Waals surface area (Å²) < 4.78 is 5.95. The van der Waals surface area contributed by atoms with Crippen molar-refractivity contribution in [1.29, 1.82) is 0 Å². The molecule has 0 aromatic heterocycles. The number of hydrogen-bond acceptors (Lipinski definition) is 3. The summed E-state index contributed by atoms with van der Waals surface area (Å²) in [6.07, 6.45) is 7.26. The molecular weight excluding hydrogens is 268 g/mol. The number of nitrogens with one attached hydrogen (secondary N) is 1. The molecule has 3 rings (SSSR count). The van der Waals surface area contributed by atoms with Crippen LogP contribution < -0.4 is 5.32 Å². The zero-order chi connectivity index (χ0) is 14.9. The van der Waals surface area contributed by atoms with Crippen molar-refractivity contribution in [2.75, 3.05) is 26.3 Å². The van der Waals surface area contributed by atoms with Crippen molar-refractivity contribution < 1.29 is 14.6 Å². The molecule has 2 saturated carbocycles. The number of carbonyl (C=O) groups is 1. The van der Waals surface area contributed by atoms with E-state index >= 15 is 0 Å². The van der Waals surface area contributed by atoms with Crippen molar-refractivity contribution in [3.05, 3.63) is 0 Å². The molecule has 5 heteroatoms. The van der Waals surface area contributed by atoms with Crippen LogP contribution in [0, 0.1) is 11.3 Å². The second-order valence-corrected chi connectivity index (χ2v) is 6.82. The van der Waals surface area contributed by atoms with Crippen LogP contribution in [0.15, 0.2) is 0 Å². The molecule has 1 saturated heterocycles. The highest BCUT2D eigenvalue weighted by Crippen LogP contribution is 2.60.